The fraction of sp³-hybridized carbons (Fsp3) is 0.0980. The lowest BCUT2D eigenvalue weighted by molar-refractivity contribution is 0.466. The van der Waals surface area contributed by atoms with Crippen LogP contribution < -0.4 is 15.8 Å². The molecule has 0 radical (unpaired) electrons. The van der Waals surface area contributed by atoms with Crippen LogP contribution in [0.2, 0.25) is 0 Å². The number of rotatable bonds is 7. The molecule has 2 nitrogen and oxygen atoms in total. The summed E-state index contributed by atoms with van der Waals surface area (Å²) in [5.74, 6) is 1.51. The van der Waals surface area contributed by atoms with Gasteiger partial charge in [-0.25, -0.2) is 0 Å². The quantitative estimate of drug-likeness (QED) is 0.166. The summed E-state index contributed by atoms with van der Waals surface area (Å²) in [5, 5.41) is 8.89. The van der Waals surface area contributed by atoms with Gasteiger partial charge in [-0.2, -0.15) is 0 Å². The van der Waals surface area contributed by atoms with E-state index in [-0.39, 0.29) is 0 Å². The Bertz CT molecular complexity index is 2800. The van der Waals surface area contributed by atoms with E-state index >= 15 is 0 Å². The lowest BCUT2D eigenvalue weighted by Crippen LogP contribution is -2.42. The van der Waals surface area contributed by atoms with E-state index in [0.29, 0.717) is 23.7 Å². The van der Waals surface area contributed by atoms with Crippen LogP contribution in [0.1, 0.15) is 12.5 Å². The van der Waals surface area contributed by atoms with Crippen LogP contribution in [0.3, 0.4) is 0 Å². The van der Waals surface area contributed by atoms with Gasteiger partial charge < -0.3 is 9.88 Å². The molecule has 0 spiro atoms. The molecular weight excluding hydrogens is 641 g/mol. The molecule has 1 heterocycles. The number of hydrogen-bond acceptors (Lipinski definition) is 1. The summed E-state index contributed by atoms with van der Waals surface area (Å²) in [6.45, 7) is 6.52. The second-order valence-electron chi connectivity index (χ2n) is 14.5. The van der Waals surface area contributed by atoms with Crippen molar-refractivity contribution in [2.24, 2.45) is 23.7 Å². The molecule has 1 fully saturated rings. The summed E-state index contributed by atoms with van der Waals surface area (Å²) in [6, 6.07) is 42.2. The molecule has 2 heteroatoms. The minimum Gasteiger partial charge on any atom is -0.355 e. The molecule has 4 unspecified atom stereocenters. The second-order valence-corrected chi connectivity index (χ2v) is 14.5. The third-order valence-electron chi connectivity index (χ3n) is 11.7. The van der Waals surface area contributed by atoms with Gasteiger partial charge in [-0.05, 0) is 82.8 Å². The third kappa shape index (κ3) is 5.01. The fourth-order valence-corrected chi connectivity index (χ4v) is 9.46. The standard InChI is InChI=1S/C51H40N2/c1-3-4-6-16-33(2)44-31-34(27-29-46(44)52-36-17-7-5-8-18-36)35-28-30-48-45(32-35)39-21-13-14-26-47(39)53(48)51-43-23-12-10-20-38(43)41-25-15-24-40-37-19-9-11-22-42(37)50(51)49(40)41/h3-32,37,42,49-50,52H,2H2,1H3/b4-3-,16-6-. The van der Waals surface area contributed by atoms with Crippen molar-refractivity contribution in [3.05, 3.63) is 210 Å². The predicted molar refractivity (Wildman–Crippen MR) is 225 cm³/mol. The van der Waals surface area contributed by atoms with Gasteiger partial charge in [0.2, 0.25) is 0 Å². The van der Waals surface area contributed by atoms with E-state index in [4.69, 9.17) is 0 Å². The van der Waals surface area contributed by atoms with Crippen molar-refractivity contribution < 1.29 is 0 Å². The van der Waals surface area contributed by atoms with Crippen molar-refractivity contribution in [1.82, 2.24) is 4.57 Å². The molecule has 1 N–H and O–H groups in total. The average molecular weight is 681 g/mol. The summed E-state index contributed by atoms with van der Waals surface area (Å²) in [6.07, 6.45) is 24.7. The Morgan fingerprint density at radius 3 is 2.36 bits per heavy atom. The average Bonchev–Trinajstić information content (AvgIpc) is 3.72. The summed E-state index contributed by atoms with van der Waals surface area (Å²) >= 11 is 0. The first-order valence-electron chi connectivity index (χ1n) is 18.7. The molecule has 0 amide bonds. The summed E-state index contributed by atoms with van der Waals surface area (Å²) in [4.78, 5) is 0. The van der Waals surface area contributed by atoms with Gasteiger partial charge in [-0.15, -0.1) is 0 Å². The van der Waals surface area contributed by atoms with Crippen molar-refractivity contribution in [2.45, 2.75) is 6.92 Å². The highest BCUT2D eigenvalue weighted by Crippen LogP contribution is 2.57. The molecule has 4 atom stereocenters. The molecule has 0 bridgehead atoms. The minimum absolute atomic E-state index is 0.329. The Morgan fingerprint density at radius 1 is 0.717 bits per heavy atom. The Labute approximate surface area is 310 Å². The highest BCUT2D eigenvalue weighted by Gasteiger charge is 2.50. The molecule has 53 heavy (non-hydrogen) atoms. The molecule has 10 rings (SSSR count). The van der Waals surface area contributed by atoms with E-state index in [2.05, 4.69) is 180 Å². The predicted octanol–water partition coefficient (Wildman–Crippen LogP) is 11.3. The molecule has 1 aromatic heterocycles. The molecule has 5 aromatic carbocycles. The highest BCUT2D eigenvalue weighted by atomic mass is 15.0. The van der Waals surface area contributed by atoms with Crippen LogP contribution in [-0.4, -0.2) is 4.57 Å². The zero-order valence-corrected chi connectivity index (χ0v) is 29.8. The van der Waals surface area contributed by atoms with Crippen LogP contribution in [0.4, 0.5) is 11.4 Å². The zero-order chi connectivity index (χ0) is 35.5. The molecular formula is C51H40N2. The first-order valence-corrected chi connectivity index (χ1v) is 18.7. The molecule has 0 aliphatic heterocycles. The number of para-hydroxylation sites is 2. The van der Waals surface area contributed by atoms with Crippen LogP contribution in [0, 0.1) is 23.7 Å². The second kappa shape index (κ2) is 12.7. The van der Waals surface area contributed by atoms with Gasteiger partial charge in [0.1, 0.15) is 0 Å². The lowest BCUT2D eigenvalue weighted by atomic mass is 9.74. The molecule has 1 saturated carbocycles. The lowest BCUT2D eigenvalue weighted by Gasteiger charge is -2.33. The maximum absolute atomic E-state index is 4.49. The largest absolute Gasteiger partial charge is 0.355 e. The smallest absolute Gasteiger partial charge is 0.0538 e. The van der Waals surface area contributed by atoms with E-state index in [1.165, 1.54) is 49.1 Å². The zero-order valence-electron chi connectivity index (χ0n) is 29.8. The first kappa shape index (κ1) is 31.4. The Kier molecular flexibility index (Phi) is 7.51. The number of nitrogens with zero attached hydrogens (tertiary/aromatic N) is 1. The summed E-state index contributed by atoms with van der Waals surface area (Å²) in [5.41, 5.74) is 13.4. The van der Waals surface area contributed by atoms with E-state index in [1.54, 1.807) is 5.57 Å². The van der Waals surface area contributed by atoms with E-state index in [1.807, 2.05) is 25.1 Å². The van der Waals surface area contributed by atoms with Crippen LogP contribution in [-0.2, 0) is 0 Å². The number of benzene rings is 5. The number of fused-ring (bicyclic) bond motifs is 7. The van der Waals surface area contributed by atoms with Crippen molar-refractivity contribution in [2.75, 3.05) is 5.32 Å². The Morgan fingerprint density at radius 2 is 1.47 bits per heavy atom. The number of allylic oxidation sites excluding steroid dienone is 13. The number of hydrogen-bond donors (Lipinski definition) is 1. The van der Waals surface area contributed by atoms with Crippen LogP contribution in [0.5, 0.6) is 0 Å². The molecule has 6 aromatic rings. The SMILES string of the molecule is C=C(/C=C\C=C/C)c1cc(-c2ccc3c(c2)c2ccccc2n3C2=c3ccccc3=C3C=CC=C4C5C=CC=CC5C2C43)ccc1Nc1ccccc1. The first-order chi connectivity index (χ1) is 26.2. The van der Waals surface area contributed by atoms with Gasteiger partial charge in [-0.1, -0.05) is 152 Å². The van der Waals surface area contributed by atoms with Crippen molar-refractivity contribution in [3.63, 3.8) is 0 Å². The molecule has 0 saturated heterocycles. The van der Waals surface area contributed by atoms with E-state index < -0.39 is 0 Å². The fourth-order valence-electron chi connectivity index (χ4n) is 9.46. The van der Waals surface area contributed by atoms with Gasteiger partial charge >= 0.3 is 0 Å². The monoisotopic (exact) mass is 680 g/mol. The topological polar surface area (TPSA) is 17.0 Å². The van der Waals surface area contributed by atoms with Gasteiger partial charge in [0.05, 0.1) is 11.0 Å². The number of anilines is 2. The van der Waals surface area contributed by atoms with Gasteiger partial charge in [0, 0.05) is 56.4 Å². The Hall–Kier alpha value is -6.38. The van der Waals surface area contributed by atoms with Gasteiger partial charge in [0.25, 0.3) is 0 Å². The van der Waals surface area contributed by atoms with Crippen molar-refractivity contribution >= 4 is 50.0 Å². The molecule has 4 aliphatic carbocycles. The number of aromatic nitrogens is 1. The van der Waals surface area contributed by atoms with Gasteiger partial charge in [0.15, 0.2) is 0 Å². The maximum atomic E-state index is 4.49. The van der Waals surface area contributed by atoms with Gasteiger partial charge in [-0.3, -0.25) is 0 Å². The number of nitrogens with one attached hydrogen (secondary N) is 1. The van der Waals surface area contributed by atoms with Crippen LogP contribution in [0.25, 0.3) is 49.8 Å². The minimum atomic E-state index is 0.329. The van der Waals surface area contributed by atoms with Crippen LogP contribution in [0.15, 0.2) is 194 Å². The van der Waals surface area contributed by atoms with Crippen LogP contribution >= 0.6 is 0 Å². The normalized spacial score (nSPS) is 21.0. The maximum Gasteiger partial charge on any atom is 0.0538 e. The van der Waals surface area contributed by atoms with Crippen molar-refractivity contribution in [1.29, 1.82) is 0 Å². The molecule has 4 aliphatic rings. The highest BCUT2D eigenvalue weighted by molar-refractivity contribution is 6.11. The van der Waals surface area contributed by atoms with Crippen molar-refractivity contribution in [3.8, 4) is 11.1 Å². The van der Waals surface area contributed by atoms with E-state index in [0.717, 1.165) is 28.1 Å². The summed E-state index contributed by atoms with van der Waals surface area (Å²) in [7, 11) is 0. The third-order valence-corrected chi connectivity index (χ3v) is 11.7. The Balaban J connectivity index is 1.17. The molecule has 254 valence electrons. The van der Waals surface area contributed by atoms with E-state index in [9.17, 15) is 0 Å². The summed E-state index contributed by atoms with van der Waals surface area (Å²) < 4.78 is 2.62.